The minimum atomic E-state index is -0.415. The van der Waals surface area contributed by atoms with Gasteiger partial charge in [0.2, 0.25) is 5.91 Å². The van der Waals surface area contributed by atoms with Gasteiger partial charge in [-0.05, 0) is 70.2 Å². The second-order valence-corrected chi connectivity index (χ2v) is 11.3. The second kappa shape index (κ2) is 12.5. The summed E-state index contributed by atoms with van der Waals surface area (Å²) in [6, 6.07) is 13.4. The molecule has 2 heterocycles. The van der Waals surface area contributed by atoms with Crippen LogP contribution in [0.15, 0.2) is 48.7 Å². The van der Waals surface area contributed by atoms with E-state index in [-0.39, 0.29) is 18.4 Å². The number of hydrogen-bond acceptors (Lipinski definition) is 6. The van der Waals surface area contributed by atoms with Gasteiger partial charge in [0, 0.05) is 47.9 Å². The van der Waals surface area contributed by atoms with Gasteiger partial charge in [-0.3, -0.25) is 14.6 Å². The van der Waals surface area contributed by atoms with Gasteiger partial charge in [-0.15, -0.1) is 0 Å². The summed E-state index contributed by atoms with van der Waals surface area (Å²) in [6.07, 6.45) is 4.81. The van der Waals surface area contributed by atoms with Crippen molar-refractivity contribution in [2.45, 2.75) is 65.5 Å². The van der Waals surface area contributed by atoms with Gasteiger partial charge in [-0.25, -0.2) is 0 Å². The fourth-order valence-corrected chi connectivity index (χ4v) is 4.83. The predicted octanol–water partition coefficient (Wildman–Crippen LogP) is 5.42. The Morgan fingerprint density at radius 2 is 1.85 bits per heavy atom. The molecule has 0 spiro atoms. The summed E-state index contributed by atoms with van der Waals surface area (Å²) >= 11 is 0. The van der Waals surface area contributed by atoms with Crippen LogP contribution in [-0.2, 0) is 11.4 Å². The Balaban J connectivity index is 1.63. The Morgan fingerprint density at radius 1 is 1.13 bits per heavy atom. The monoisotopic (exact) mass is 532 g/mol. The number of carbonyl (C=O) groups excluding carboxylic acids is 2. The Bertz CT molecular complexity index is 1300. The van der Waals surface area contributed by atoms with Crippen molar-refractivity contribution in [3.8, 4) is 5.75 Å². The highest BCUT2D eigenvalue weighted by Crippen LogP contribution is 2.35. The third kappa shape index (κ3) is 7.26. The van der Waals surface area contributed by atoms with Gasteiger partial charge in [-0.2, -0.15) is 0 Å². The lowest BCUT2D eigenvalue weighted by Crippen LogP contribution is -2.40. The summed E-state index contributed by atoms with van der Waals surface area (Å²) in [7, 11) is 0. The van der Waals surface area contributed by atoms with Gasteiger partial charge in [0.1, 0.15) is 5.75 Å². The first-order valence-electron chi connectivity index (χ1n) is 13.8. The van der Waals surface area contributed by atoms with Gasteiger partial charge in [0.15, 0.2) is 0 Å². The van der Waals surface area contributed by atoms with Crippen LogP contribution in [0.5, 0.6) is 5.75 Å². The van der Waals surface area contributed by atoms with Gasteiger partial charge >= 0.3 is 0 Å². The van der Waals surface area contributed by atoms with E-state index in [1.165, 1.54) is 0 Å². The molecule has 208 valence electrons. The normalized spacial score (nSPS) is 14.3. The molecule has 8 heteroatoms. The molecule has 1 aliphatic rings. The zero-order valence-electron chi connectivity index (χ0n) is 23.4. The Kier molecular flexibility index (Phi) is 9.07. The maximum Gasteiger partial charge on any atom is 0.255 e. The Morgan fingerprint density at radius 3 is 2.49 bits per heavy atom. The van der Waals surface area contributed by atoms with E-state index in [0.29, 0.717) is 47.0 Å². The molecule has 1 aromatic heterocycles. The van der Waals surface area contributed by atoms with Crippen LogP contribution in [0.3, 0.4) is 0 Å². The number of rotatable bonds is 9. The van der Waals surface area contributed by atoms with E-state index >= 15 is 0 Å². The van der Waals surface area contributed by atoms with E-state index in [2.05, 4.69) is 15.6 Å². The maximum atomic E-state index is 13.3. The quantitative estimate of drug-likeness (QED) is 0.340. The van der Waals surface area contributed by atoms with Crippen LogP contribution in [0, 0.1) is 5.92 Å². The van der Waals surface area contributed by atoms with Crippen LogP contribution in [-0.4, -0.2) is 52.0 Å². The van der Waals surface area contributed by atoms with E-state index in [1.54, 1.807) is 6.20 Å². The molecule has 1 fully saturated rings. The zero-order chi connectivity index (χ0) is 28.0. The molecule has 2 amide bonds. The highest BCUT2D eigenvalue weighted by atomic mass is 16.5. The summed E-state index contributed by atoms with van der Waals surface area (Å²) in [6.45, 7) is 9.64. The van der Waals surface area contributed by atoms with Crippen molar-refractivity contribution in [3.63, 3.8) is 0 Å². The minimum Gasteiger partial charge on any atom is -0.493 e. The van der Waals surface area contributed by atoms with Gasteiger partial charge in [0.25, 0.3) is 5.91 Å². The minimum absolute atomic E-state index is 0.190. The van der Waals surface area contributed by atoms with Crippen LogP contribution in [0.1, 0.15) is 69.3 Å². The first-order chi connectivity index (χ1) is 18.7. The number of likely N-dealkylation sites (tertiary alicyclic amines) is 1. The SMILES string of the molecule is CCCC(=O)N1CCC(COc2cc3c(Nc4ccccc4)c(C(=O)NC(C)(C)C)cnc3cc2CO)CC1. The molecule has 39 heavy (non-hydrogen) atoms. The van der Waals surface area contributed by atoms with Crippen molar-refractivity contribution in [3.05, 3.63) is 59.8 Å². The average molecular weight is 533 g/mol. The molecule has 0 atom stereocenters. The summed E-state index contributed by atoms with van der Waals surface area (Å²) in [5.41, 5.74) is 2.77. The molecule has 3 aromatic rings. The topological polar surface area (TPSA) is 104 Å². The zero-order valence-corrected chi connectivity index (χ0v) is 23.4. The number of para-hydroxylation sites is 1. The molecule has 0 bridgehead atoms. The lowest BCUT2D eigenvalue weighted by molar-refractivity contribution is -0.132. The van der Waals surface area contributed by atoms with Crippen molar-refractivity contribution in [1.82, 2.24) is 15.2 Å². The van der Waals surface area contributed by atoms with Crippen LogP contribution in [0.4, 0.5) is 11.4 Å². The molecular weight excluding hydrogens is 492 g/mol. The van der Waals surface area contributed by atoms with E-state index in [4.69, 9.17) is 4.74 Å². The largest absolute Gasteiger partial charge is 0.493 e. The number of carbonyl (C=O) groups is 2. The summed E-state index contributed by atoms with van der Waals surface area (Å²) in [4.78, 5) is 32.0. The number of amides is 2. The molecule has 3 N–H and O–H groups in total. The molecule has 0 aliphatic carbocycles. The Labute approximate surface area is 230 Å². The fraction of sp³-hybridized carbons (Fsp3) is 0.452. The molecule has 1 saturated heterocycles. The molecule has 0 unspecified atom stereocenters. The number of aliphatic hydroxyl groups is 1. The standard InChI is InChI=1S/C31H40N4O4/c1-5-9-28(37)35-14-12-21(13-15-35)20-39-27-17-24-26(16-22(27)19-36)32-18-25(30(38)34-31(2,3)4)29(24)33-23-10-7-6-8-11-23/h6-8,10-11,16-18,21,36H,5,9,12-15,19-20H2,1-4H3,(H,32,33)(H,34,38). The Hall–Kier alpha value is -3.65. The summed E-state index contributed by atoms with van der Waals surface area (Å²) in [5, 5.41) is 17.3. The molecule has 1 aliphatic heterocycles. The highest BCUT2D eigenvalue weighted by molar-refractivity contribution is 6.08. The number of ether oxygens (including phenoxy) is 1. The van der Waals surface area contributed by atoms with Gasteiger partial charge < -0.3 is 25.4 Å². The fourth-order valence-electron chi connectivity index (χ4n) is 4.83. The number of nitrogens with zero attached hydrogens (tertiary/aromatic N) is 2. The summed E-state index contributed by atoms with van der Waals surface area (Å²) in [5.74, 6) is 0.891. The van der Waals surface area contributed by atoms with Crippen molar-refractivity contribution in [2.24, 2.45) is 5.92 Å². The highest BCUT2D eigenvalue weighted by Gasteiger charge is 2.24. The number of fused-ring (bicyclic) bond motifs is 1. The molecular formula is C31H40N4O4. The van der Waals surface area contributed by atoms with Gasteiger partial charge in [-0.1, -0.05) is 25.1 Å². The number of anilines is 2. The van der Waals surface area contributed by atoms with Crippen LogP contribution in [0.25, 0.3) is 10.9 Å². The van der Waals surface area contributed by atoms with E-state index in [1.807, 2.05) is 75.1 Å². The van der Waals surface area contributed by atoms with E-state index < -0.39 is 5.54 Å². The average Bonchev–Trinajstić information content (AvgIpc) is 2.91. The van der Waals surface area contributed by atoms with Crippen LogP contribution in [0.2, 0.25) is 0 Å². The molecule has 4 rings (SSSR count). The lowest BCUT2D eigenvalue weighted by Gasteiger charge is -2.32. The van der Waals surface area contributed by atoms with Crippen LogP contribution >= 0.6 is 0 Å². The number of benzene rings is 2. The lowest BCUT2D eigenvalue weighted by atomic mass is 9.97. The number of pyridine rings is 1. The van der Waals surface area contributed by atoms with Crippen molar-refractivity contribution in [1.29, 1.82) is 0 Å². The molecule has 0 saturated carbocycles. The molecule has 2 aromatic carbocycles. The smallest absolute Gasteiger partial charge is 0.255 e. The van der Waals surface area contributed by atoms with Crippen molar-refractivity contribution < 1.29 is 19.4 Å². The van der Waals surface area contributed by atoms with Crippen LogP contribution < -0.4 is 15.4 Å². The van der Waals surface area contributed by atoms with Gasteiger partial charge in [0.05, 0.1) is 30.0 Å². The maximum absolute atomic E-state index is 13.3. The second-order valence-electron chi connectivity index (χ2n) is 11.3. The number of aliphatic hydroxyl groups excluding tert-OH is 1. The predicted molar refractivity (Wildman–Crippen MR) is 154 cm³/mol. The third-order valence-corrected chi connectivity index (χ3v) is 6.90. The third-order valence-electron chi connectivity index (χ3n) is 6.90. The number of piperidine rings is 1. The first-order valence-corrected chi connectivity index (χ1v) is 13.8. The molecule has 0 radical (unpaired) electrons. The van der Waals surface area contributed by atoms with E-state index in [9.17, 15) is 14.7 Å². The molecule has 8 nitrogen and oxygen atoms in total. The number of hydrogen-bond donors (Lipinski definition) is 3. The van der Waals surface area contributed by atoms with Crippen molar-refractivity contribution >= 4 is 34.1 Å². The summed E-state index contributed by atoms with van der Waals surface area (Å²) < 4.78 is 6.29. The van der Waals surface area contributed by atoms with Crippen molar-refractivity contribution in [2.75, 3.05) is 25.0 Å². The number of aromatic nitrogens is 1. The number of nitrogens with one attached hydrogen (secondary N) is 2. The van der Waals surface area contributed by atoms with E-state index in [0.717, 1.165) is 43.4 Å². The first kappa shape index (κ1) is 28.4.